The minimum Gasteiger partial charge on any atom is -0.384 e. The predicted molar refractivity (Wildman–Crippen MR) is 67.4 cm³/mol. The summed E-state index contributed by atoms with van der Waals surface area (Å²) < 4.78 is 2.18. The van der Waals surface area contributed by atoms with Gasteiger partial charge in [0.15, 0.2) is 0 Å². The summed E-state index contributed by atoms with van der Waals surface area (Å²) in [4.78, 5) is 0. The average Bonchev–Trinajstić information content (AvgIpc) is 3.14. The lowest BCUT2D eigenvalue weighted by Crippen LogP contribution is -2.16. The molecule has 0 amide bonds. The summed E-state index contributed by atoms with van der Waals surface area (Å²) in [5.41, 5.74) is 9.54. The van der Waals surface area contributed by atoms with Crippen LogP contribution in [0.3, 0.4) is 0 Å². The van der Waals surface area contributed by atoms with Gasteiger partial charge in [0, 0.05) is 12.2 Å². The molecule has 0 saturated heterocycles. The first kappa shape index (κ1) is 10.7. The second kappa shape index (κ2) is 3.29. The molecule has 2 aliphatic carbocycles. The van der Waals surface area contributed by atoms with E-state index >= 15 is 0 Å². The van der Waals surface area contributed by atoms with Crippen molar-refractivity contribution in [3.8, 4) is 6.07 Å². The topological polar surface area (TPSA) is 54.7 Å². The van der Waals surface area contributed by atoms with E-state index in [1.54, 1.807) is 0 Å². The van der Waals surface area contributed by atoms with Crippen LogP contribution in [0.4, 0.5) is 5.82 Å². The minimum absolute atomic E-state index is 0.525. The maximum Gasteiger partial charge on any atom is 0.122 e. The fourth-order valence-electron chi connectivity index (χ4n) is 3.10. The van der Waals surface area contributed by atoms with Crippen LogP contribution < -0.4 is 5.73 Å². The van der Waals surface area contributed by atoms with E-state index in [9.17, 15) is 0 Å². The summed E-state index contributed by atoms with van der Waals surface area (Å²) in [5.74, 6) is 1.60. The van der Waals surface area contributed by atoms with E-state index in [0.29, 0.717) is 16.8 Å². The summed E-state index contributed by atoms with van der Waals surface area (Å²) in [6, 6.07) is 2.23. The quantitative estimate of drug-likeness (QED) is 0.866. The number of rotatable bonds is 3. The van der Waals surface area contributed by atoms with Gasteiger partial charge in [0.05, 0.1) is 5.56 Å². The highest BCUT2D eigenvalue weighted by molar-refractivity contribution is 5.57. The van der Waals surface area contributed by atoms with E-state index < -0.39 is 0 Å². The molecule has 3 heteroatoms. The van der Waals surface area contributed by atoms with Gasteiger partial charge >= 0.3 is 0 Å². The molecule has 1 aromatic heterocycles. The van der Waals surface area contributed by atoms with E-state index in [1.165, 1.54) is 31.4 Å². The zero-order chi connectivity index (χ0) is 12.2. The highest BCUT2D eigenvalue weighted by Gasteiger charge is 2.54. The zero-order valence-electron chi connectivity index (χ0n) is 10.6. The minimum atomic E-state index is 0.525. The molecular formula is C14H19N3. The molecule has 3 rings (SSSR count). The Morgan fingerprint density at radius 2 is 2.06 bits per heavy atom. The maximum absolute atomic E-state index is 9.13. The molecule has 2 aliphatic rings. The van der Waals surface area contributed by atoms with Crippen LogP contribution in [0, 0.1) is 36.5 Å². The van der Waals surface area contributed by atoms with Crippen molar-refractivity contribution in [1.82, 2.24) is 4.57 Å². The van der Waals surface area contributed by atoms with Gasteiger partial charge in [-0.1, -0.05) is 0 Å². The molecule has 2 saturated carbocycles. The van der Waals surface area contributed by atoms with Crippen molar-refractivity contribution in [1.29, 1.82) is 5.26 Å². The monoisotopic (exact) mass is 229 g/mol. The highest BCUT2D eigenvalue weighted by atomic mass is 15.1. The Bertz CT molecular complexity index is 511. The molecule has 0 spiro atoms. The molecule has 90 valence electrons. The lowest BCUT2D eigenvalue weighted by atomic mass is 10.0. The Balaban J connectivity index is 1.96. The first-order valence-corrected chi connectivity index (χ1v) is 6.44. The van der Waals surface area contributed by atoms with Gasteiger partial charge in [-0.05, 0) is 56.4 Å². The van der Waals surface area contributed by atoms with E-state index in [2.05, 4.69) is 17.6 Å². The molecule has 2 fully saturated rings. The molecule has 0 aliphatic heterocycles. The smallest absolute Gasteiger partial charge is 0.122 e. The second-order valence-electron chi connectivity index (χ2n) is 5.81. The number of anilines is 1. The van der Waals surface area contributed by atoms with Crippen molar-refractivity contribution < 1.29 is 0 Å². The Hall–Kier alpha value is -1.43. The van der Waals surface area contributed by atoms with Gasteiger partial charge in [0.2, 0.25) is 0 Å². The average molecular weight is 229 g/mol. The van der Waals surface area contributed by atoms with Gasteiger partial charge in [-0.3, -0.25) is 0 Å². The lowest BCUT2D eigenvalue weighted by molar-refractivity contribution is 0.370. The van der Waals surface area contributed by atoms with Crippen molar-refractivity contribution in [2.24, 2.45) is 11.3 Å². The van der Waals surface area contributed by atoms with Crippen molar-refractivity contribution in [2.75, 3.05) is 5.73 Å². The molecule has 0 radical (unpaired) electrons. The van der Waals surface area contributed by atoms with E-state index in [0.717, 1.165) is 18.0 Å². The Kier molecular flexibility index (Phi) is 2.07. The van der Waals surface area contributed by atoms with Crippen LogP contribution in [0.15, 0.2) is 0 Å². The first-order valence-electron chi connectivity index (χ1n) is 6.44. The number of nitriles is 1. The molecule has 1 heterocycles. The van der Waals surface area contributed by atoms with Gasteiger partial charge in [-0.2, -0.15) is 5.26 Å². The molecular weight excluding hydrogens is 210 g/mol. The van der Waals surface area contributed by atoms with Gasteiger partial charge in [0.25, 0.3) is 0 Å². The Morgan fingerprint density at radius 3 is 2.47 bits per heavy atom. The van der Waals surface area contributed by atoms with E-state index in [-0.39, 0.29) is 0 Å². The number of aromatic nitrogens is 1. The summed E-state index contributed by atoms with van der Waals surface area (Å²) in [5, 5.41) is 9.13. The van der Waals surface area contributed by atoms with Crippen LogP contribution in [0.2, 0.25) is 0 Å². The maximum atomic E-state index is 9.13. The third kappa shape index (κ3) is 1.47. The van der Waals surface area contributed by atoms with Crippen LogP contribution in [-0.4, -0.2) is 4.57 Å². The molecule has 3 nitrogen and oxygen atoms in total. The van der Waals surface area contributed by atoms with E-state index in [1.807, 2.05) is 6.92 Å². The molecule has 0 atom stereocenters. The van der Waals surface area contributed by atoms with Crippen molar-refractivity contribution >= 4 is 5.82 Å². The highest BCUT2D eigenvalue weighted by Crippen LogP contribution is 2.62. The fraction of sp³-hybridized carbons (Fsp3) is 0.643. The molecule has 0 bridgehead atoms. The largest absolute Gasteiger partial charge is 0.384 e. The van der Waals surface area contributed by atoms with Crippen molar-refractivity contribution in [3.63, 3.8) is 0 Å². The van der Waals surface area contributed by atoms with Crippen molar-refractivity contribution in [3.05, 3.63) is 16.8 Å². The van der Waals surface area contributed by atoms with Crippen LogP contribution in [-0.2, 0) is 6.54 Å². The number of hydrogen-bond acceptors (Lipinski definition) is 2. The number of nitrogens with zero attached hydrogens (tertiary/aromatic N) is 2. The molecule has 0 aromatic carbocycles. The number of hydrogen-bond donors (Lipinski definition) is 1. The van der Waals surface area contributed by atoms with Gasteiger partial charge in [-0.15, -0.1) is 0 Å². The first-order chi connectivity index (χ1) is 8.09. The Labute approximate surface area is 102 Å². The number of nitrogen functional groups attached to an aromatic ring is 1. The van der Waals surface area contributed by atoms with Gasteiger partial charge < -0.3 is 10.3 Å². The van der Waals surface area contributed by atoms with Crippen LogP contribution in [0.25, 0.3) is 0 Å². The summed E-state index contributed by atoms with van der Waals surface area (Å²) in [6.07, 6.45) is 5.47. The third-order valence-corrected chi connectivity index (χ3v) is 4.79. The molecule has 2 N–H and O–H groups in total. The van der Waals surface area contributed by atoms with Crippen LogP contribution in [0.1, 0.15) is 42.5 Å². The Morgan fingerprint density at radius 1 is 1.41 bits per heavy atom. The van der Waals surface area contributed by atoms with Crippen LogP contribution >= 0.6 is 0 Å². The molecule has 17 heavy (non-hydrogen) atoms. The fourth-order valence-corrected chi connectivity index (χ4v) is 3.10. The molecule has 1 aromatic rings. The molecule has 0 unspecified atom stereocenters. The summed E-state index contributed by atoms with van der Waals surface area (Å²) in [6.45, 7) is 5.10. The van der Waals surface area contributed by atoms with Crippen molar-refractivity contribution in [2.45, 2.75) is 46.1 Å². The third-order valence-electron chi connectivity index (χ3n) is 4.79. The standard InChI is InChI=1S/C14H19N3/c1-9-10(2)17(13(16)12(9)7-15)8-14(5-6-14)11-3-4-11/h11H,3-6,8,16H2,1-2H3. The van der Waals surface area contributed by atoms with E-state index in [4.69, 9.17) is 11.0 Å². The summed E-state index contributed by atoms with van der Waals surface area (Å²) >= 11 is 0. The van der Waals surface area contributed by atoms with Crippen LogP contribution in [0.5, 0.6) is 0 Å². The second-order valence-corrected chi connectivity index (χ2v) is 5.81. The summed E-state index contributed by atoms with van der Waals surface area (Å²) in [7, 11) is 0. The van der Waals surface area contributed by atoms with Gasteiger partial charge in [0.1, 0.15) is 11.9 Å². The zero-order valence-corrected chi connectivity index (χ0v) is 10.6. The lowest BCUT2D eigenvalue weighted by Gasteiger charge is -2.18. The number of nitrogens with two attached hydrogens (primary N) is 1. The van der Waals surface area contributed by atoms with Gasteiger partial charge in [-0.25, -0.2) is 0 Å². The SMILES string of the molecule is Cc1c(C#N)c(N)n(CC2(C3CC3)CC2)c1C. The normalized spacial score (nSPS) is 21.2. The predicted octanol–water partition coefficient (Wildman–Crippen LogP) is 2.75.